The summed E-state index contributed by atoms with van der Waals surface area (Å²) in [5.41, 5.74) is 3.21. The average molecular weight is 399 g/mol. The van der Waals surface area contributed by atoms with Gasteiger partial charge in [-0.3, -0.25) is 9.59 Å². The summed E-state index contributed by atoms with van der Waals surface area (Å²) in [5.74, 6) is 0.750. The van der Waals surface area contributed by atoms with Crippen LogP contribution in [0.3, 0.4) is 0 Å². The number of hydrogen-bond donors (Lipinski definition) is 2. The van der Waals surface area contributed by atoms with Gasteiger partial charge in [0.1, 0.15) is 11.5 Å². The van der Waals surface area contributed by atoms with Gasteiger partial charge in [-0.2, -0.15) is 0 Å². The second-order valence-corrected chi connectivity index (χ2v) is 7.39. The van der Waals surface area contributed by atoms with Crippen LogP contribution in [-0.4, -0.2) is 31.4 Å². The highest BCUT2D eigenvalue weighted by Gasteiger charge is 2.33. The highest BCUT2D eigenvalue weighted by atomic mass is 16.5. The highest BCUT2D eigenvalue weighted by molar-refractivity contribution is 6.02. The zero-order valence-electron chi connectivity index (χ0n) is 16.3. The molecule has 2 N–H and O–H groups in total. The summed E-state index contributed by atoms with van der Waals surface area (Å²) in [5, 5.41) is 5.94. The Bertz CT molecular complexity index is 1080. The van der Waals surface area contributed by atoms with Gasteiger partial charge in [-0.25, -0.2) is 0 Å². The summed E-state index contributed by atoms with van der Waals surface area (Å²) in [6.45, 7) is 1.55. The van der Waals surface area contributed by atoms with Gasteiger partial charge in [-0.15, -0.1) is 0 Å². The van der Waals surface area contributed by atoms with E-state index in [0.717, 1.165) is 16.8 Å². The topological polar surface area (TPSA) is 70.7 Å². The Balaban J connectivity index is 1.49. The van der Waals surface area contributed by atoms with Crippen molar-refractivity contribution >= 4 is 23.2 Å². The standard InChI is InChI=1S/C24H21N3O3/c28-22-15-27(14-13-25-22)19-10-4-3-9-18(19)26-24(29)23-16-7-1-5-11-20(16)30-21-12-6-2-8-17(21)23/h1-12,23H,13-15H2,(H,25,28)(H,26,29). The molecule has 2 aliphatic rings. The van der Waals surface area contributed by atoms with E-state index in [2.05, 4.69) is 10.6 Å². The molecular weight excluding hydrogens is 378 g/mol. The van der Waals surface area contributed by atoms with Gasteiger partial charge < -0.3 is 20.3 Å². The summed E-state index contributed by atoms with van der Waals surface area (Å²) in [4.78, 5) is 27.4. The Morgan fingerprint density at radius 1 is 0.933 bits per heavy atom. The molecule has 3 aromatic rings. The fraction of sp³-hybridized carbons (Fsp3) is 0.167. The lowest BCUT2D eigenvalue weighted by Gasteiger charge is -2.31. The number of nitrogens with zero attached hydrogens (tertiary/aromatic N) is 1. The highest BCUT2D eigenvalue weighted by Crippen LogP contribution is 2.44. The fourth-order valence-electron chi connectivity index (χ4n) is 4.10. The Morgan fingerprint density at radius 2 is 1.57 bits per heavy atom. The smallest absolute Gasteiger partial charge is 0.239 e. The van der Waals surface area contributed by atoms with Gasteiger partial charge >= 0.3 is 0 Å². The average Bonchev–Trinajstić information content (AvgIpc) is 2.77. The van der Waals surface area contributed by atoms with Gasteiger partial charge in [0, 0.05) is 24.2 Å². The first-order valence-corrected chi connectivity index (χ1v) is 9.98. The number of anilines is 2. The van der Waals surface area contributed by atoms with Crippen molar-refractivity contribution in [2.45, 2.75) is 5.92 Å². The Hall–Kier alpha value is -3.80. The van der Waals surface area contributed by atoms with Crippen molar-refractivity contribution in [1.29, 1.82) is 0 Å². The molecule has 150 valence electrons. The van der Waals surface area contributed by atoms with Gasteiger partial charge in [0.15, 0.2) is 0 Å². The van der Waals surface area contributed by atoms with Crippen LogP contribution < -0.4 is 20.3 Å². The van der Waals surface area contributed by atoms with E-state index >= 15 is 0 Å². The maximum atomic E-state index is 13.5. The molecule has 3 aromatic carbocycles. The number of ether oxygens (including phenoxy) is 1. The molecule has 0 spiro atoms. The van der Waals surface area contributed by atoms with Gasteiger partial charge in [0.25, 0.3) is 0 Å². The van der Waals surface area contributed by atoms with Crippen molar-refractivity contribution in [3.63, 3.8) is 0 Å². The number of carbonyl (C=O) groups excluding carboxylic acids is 2. The van der Waals surface area contributed by atoms with Crippen LogP contribution in [0.15, 0.2) is 72.8 Å². The molecular formula is C24H21N3O3. The van der Waals surface area contributed by atoms with E-state index in [1.807, 2.05) is 77.7 Å². The summed E-state index contributed by atoms with van der Waals surface area (Å²) in [7, 11) is 0. The third-order valence-electron chi connectivity index (χ3n) is 5.48. The van der Waals surface area contributed by atoms with Gasteiger partial charge in [0.05, 0.1) is 23.8 Å². The summed E-state index contributed by atoms with van der Waals surface area (Å²) < 4.78 is 6.01. The summed E-state index contributed by atoms with van der Waals surface area (Å²) in [6.07, 6.45) is 0. The number of nitrogens with one attached hydrogen (secondary N) is 2. The van der Waals surface area contributed by atoms with Crippen LogP contribution in [0.5, 0.6) is 11.5 Å². The van der Waals surface area contributed by atoms with Crippen LogP contribution in [0.2, 0.25) is 0 Å². The maximum absolute atomic E-state index is 13.5. The first kappa shape index (κ1) is 18.2. The predicted octanol–water partition coefficient (Wildman–Crippen LogP) is 3.50. The zero-order chi connectivity index (χ0) is 20.5. The molecule has 6 heteroatoms. The number of benzene rings is 3. The SMILES string of the molecule is O=C1CN(c2ccccc2NC(=O)C2c3ccccc3Oc3ccccc32)CCN1. The molecule has 2 amide bonds. The van der Waals surface area contributed by atoms with Crippen LogP contribution in [0.4, 0.5) is 11.4 Å². The molecule has 0 bridgehead atoms. The number of para-hydroxylation sites is 4. The van der Waals surface area contributed by atoms with Crippen LogP contribution in [0.25, 0.3) is 0 Å². The van der Waals surface area contributed by atoms with E-state index in [-0.39, 0.29) is 18.4 Å². The van der Waals surface area contributed by atoms with E-state index in [1.165, 1.54) is 0 Å². The molecule has 0 saturated carbocycles. The Kier molecular flexibility index (Phi) is 4.59. The third kappa shape index (κ3) is 3.26. The van der Waals surface area contributed by atoms with Crippen LogP contribution in [0.1, 0.15) is 17.0 Å². The van der Waals surface area contributed by atoms with Crippen molar-refractivity contribution in [3.05, 3.63) is 83.9 Å². The molecule has 30 heavy (non-hydrogen) atoms. The summed E-state index contributed by atoms with van der Waals surface area (Å²) >= 11 is 0. The van der Waals surface area contributed by atoms with Gasteiger partial charge in [-0.1, -0.05) is 48.5 Å². The third-order valence-corrected chi connectivity index (χ3v) is 5.48. The number of amides is 2. The van der Waals surface area contributed by atoms with Crippen molar-refractivity contribution in [2.75, 3.05) is 29.9 Å². The molecule has 0 aliphatic carbocycles. The van der Waals surface area contributed by atoms with Crippen molar-refractivity contribution in [2.24, 2.45) is 0 Å². The molecule has 2 aliphatic heterocycles. The quantitative estimate of drug-likeness (QED) is 0.707. The number of piperazine rings is 1. The van der Waals surface area contributed by atoms with Crippen molar-refractivity contribution in [3.8, 4) is 11.5 Å². The van der Waals surface area contributed by atoms with E-state index < -0.39 is 5.92 Å². The Labute approximate surface area is 174 Å². The molecule has 5 rings (SSSR count). The molecule has 6 nitrogen and oxygen atoms in total. The normalized spacial score (nSPS) is 15.5. The predicted molar refractivity (Wildman–Crippen MR) is 115 cm³/mol. The zero-order valence-corrected chi connectivity index (χ0v) is 16.3. The molecule has 0 radical (unpaired) electrons. The minimum atomic E-state index is -0.483. The van der Waals surface area contributed by atoms with E-state index in [9.17, 15) is 9.59 Å². The van der Waals surface area contributed by atoms with Crippen molar-refractivity contribution in [1.82, 2.24) is 5.32 Å². The van der Waals surface area contributed by atoms with Gasteiger partial charge in [-0.05, 0) is 24.3 Å². The largest absolute Gasteiger partial charge is 0.457 e. The minimum Gasteiger partial charge on any atom is -0.457 e. The molecule has 0 aromatic heterocycles. The van der Waals surface area contributed by atoms with Crippen LogP contribution in [-0.2, 0) is 9.59 Å². The molecule has 1 fully saturated rings. The number of hydrogen-bond acceptors (Lipinski definition) is 4. The number of rotatable bonds is 3. The molecule has 2 heterocycles. The minimum absolute atomic E-state index is 0.0188. The fourth-order valence-corrected chi connectivity index (χ4v) is 4.10. The monoisotopic (exact) mass is 399 g/mol. The van der Waals surface area contributed by atoms with Crippen LogP contribution >= 0.6 is 0 Å². The van der Waals surface area contributed by atoms with E-state index in [1.54, 1.807) is 0 Å². The van der Waals surface area contributed by atoms with Crippen molar-refractivity contribution < 1.29 is 14.3 Å². The van der Waals surface area contributed by atoms with E-state index in [0.29, 0.717) is 30.3 Å². The lowest BCUT2D eigenvalue weighted by Crippen LogP contribution is -2.48. The first-order valence-electron chi connectivity index (χ1n) is 9.98. The Morgan fingerprint density at radius 3 is 2.27 bits per heavy atom. The second-order valence-electron chi connectivity index (χ2n) is 7.39. The van der Waals surface area contributed by atoms with Crippen LogP contribution in [0, 0.1) is 0 Å². The van der Waals surface area contributed by atoms with E-state index in [4.69, 9.17) is 4.74 Å². The number of fused-ring (bicyclic) bond motifs is 2. The maximum Gasteiger partial charge on any atom is 0.239 e. The molecule has 0 atom stereocenters. The molecule has 1 saturated heterocycles. The summed E-state index contributed by atoms with van der Waals surface area (Å²) in [6, 6.07) is 22.8. The lowest BCUT2D eigenvalue weighted by atomic mass is 9.87. The van der Waals surface area contributed by atoms with Gasteiger partial charge in [0.2, 0.25) is 11.8 Å². The second kappa shape index (κ2) is 7.55. The number of carbonyl (C=O) groups is 2. The molecule has 0 unspecified atom stereocenters. The first-order chi connectivity index (χ1) is 14.7. The lowest BCUT2D eigenvalue weighted by molar-refractivity contribution is -0.120.